The molecule has 2 aliphatic rings. The van der Waals surface area contributed by atoms with Crippen molar-refractivity contribution in [3.63, 3.8) is 0 Å². The van der Waals surface area contributed by atoms with Crippen molar-refractivity contribution in [3.8, 4) is 0 Å². The quantitative estimate of drug-likeness (QED) is 0.415. The first-order chi connectivity index (χ1) is 18.2. The number of nitrogens with zero attached hydrogens (tertiary/aromatic N) is 3. The van der Waals surface area contributed by atoms with E-state index < -0.39 is 18.0 Å². The van der Waals surface area contributed by atoms with Gasteiger partial charge in [-0.3, -0.25) is 14.7 Å². The van der Waals surface area contributed by atoms with Crippen molar-refractivity contribution in [2.24, 2.45) is 10.9 Å². The molecular weight excluding hydrogens is 551 g/mol. The maximum Gasteiger partial charge on any atom is 0.338 e. The van der Waals surface area contributed by atoms with Gasteiger partial charge >= 0.3 is 11.9 Å². The third-order valence-electron chi connectivity index (χ3n) is 6.63. The molecule has 3 heterocycles. The number of aliphatic imine (C=N–C) groups is 1. The van der Waals surface area contributed by atoms with Crippen molar-refractivity contribution in [2.75, 3.05) is 26.8 Å². The fourth-order valence-electron chi connectivity index (χ4n) is 4.91. The predicted molar refractivity (Wildman–Crippen MR) is 147 cm³/mol. The molecule has 0 aliphatic carbocycles. The maximum absolute atomic E-state index is 13.3. The van der Waals surface area contributed by atoms with Gasteiger partial charge in [0.15, 0.2) is 10.8 Å². The minimum absolute atomic E-state index is 0.0128. The summed E-state index contributed by atoms with van der Waals surface area (Å²) in [6.07, 6.45) is 1.96. The summed E-state index contributed by atoms with van der Waals surface area (Å²) in [5.41, 5.74) is 1.52. The summed E-state index contributed by atoms with van der Waals surface area (Å²) in [4.78, 5) is 36.1. The Morgan fingerprint density at radius 2 is 2.13 bits per heavy atom. The monoisotopic (exact) mass is 580 g/mol. The summed E-state index contributed by atoms with van der Waals surface area (Å²) in [7, 11) is 1.33. The molecule has 0 amide bonds. The Balaban J connectivity index is 1.79. The fraction of sp³-hybridized carbons (Fsp3) is 0.462. The molecule has 4 rings (SSSR count). The molecule has 0 radical (unpaired) electrons. The number of esters is 1. The number of morpholine rings is 1. The minimum Gasteiger partial charge on any atom is -0.481 e. The first-order valence-electron chi connectivity index (χ1n) is 12.3. The van der Waals surface area contributed by atoms with Crippen molar-refractivity contribution in [1.29, 1.82) is 0 Å². The second kappa shape index (κ2) is 12.6. The zero-order chi connectivity index (χ0) is 27.4. The van der Waals surface area contributed by atoms with E-state index in [0.29, 0.717) is 63.8 Å². The number of amidine groups is 1. The topological polar surface area (TPSA) is 113 Å². The van der Waals surface area contributed by atoms with Crippen LogP contribution < -0.4 is 5.32 Å². The van der Waals surface area contributed by atoms with E-state index in [0.717, 1.165) is 0 Å². The predicted octanol–water partition coefficient (Wildman–Crippen LogP) is 4.56. The van der Waals surface area contributed by atoms with Crippen LogP contribution in [0.3, 0.4) is 0 Å². The molecule has 0 saturated carbocycles. The van der Waals surface area contributed by atoms with Crippen molar-refractivity contribution in [3.05, 3.63) is 61.7 Å². The molecule has 1 fully saturated rings. The van der Waals surface area contributed by atoms with E-state index in [-0.39, 0.29) is 24.5 Å². The largest absolute Gasteiger partial charge is 0.481 e. The van der Waals surface area contributed by atoms with Gasteiger partial charge in [-0.1, -0.05) is 43.1 Å². The molecule has 1 aromatic carbocycles. The maximum atomic E-state index is 13.3. The molecule has 0 bridgehead atoms. The molecule has 1 aromatic heterocycles. The zero-order valence-corrected chi connectivity index (χ0v) is 23.6. The number of hydrogen-bond donors (Lipinski definition) is 2. The lowest BCUT2D eigenvalue weighted by atomic mass is 9.91. The first-order valence-corrected chi connectivity index (χ1v) is 13.9. The van der Waals surface area contributed by atoms with E-state index in [9.17, 15) is 14.7 Å². The van der Waals surface area contributed by atoms with Gasteiger partial charge in [0.05, 0.1) is 25.4 Å². The second-order valence-electron chi connectivity index (χ2n) is 9.44. The Labute approximate surface area is 235 Å². The van der Waals surface area contributed by atoms with Crippen molar-refractivity contribution < 1.29 is 24.2 Å². The van der Waals surface area contributed by atoms with Gasteiger partial charge in [0.1, 0.15) is 6.04 Å². The highest BCUT2D eigenvalue weighted by Crippen LogP contribution is 2.38. The number of carbonyl (C=O) groups is 2. The lowest BCUT2D eigenvalue weighted by Crippen LogP contribution is -2.55. The van der Waals surface area contributed by atoms with Crippen LogP contribution >= 0.6 is 34.5 Å². The Morgan fingerprint density at radius 3 is 2.76 bits per heavy atom. The summed E-state index contributed by atoms with van der Waals surface area (Å²) in [6.45, 7) is 5.52. The molecule has 2 N–H and O–H groups in total. The third kappa shape index (κ3) is 6.38. The van der Waals surface area contributed by atoms with Crippen LogP contribution in [-0.4, -0.2) is 71.7 Å². The summed E-state index contributed by atoms with van der Waals surface area (Å²) in [6, 6.07) is 4.15. The van der Waals surface area contributed by atoms with Crippen LogP contribution in [-0.2, 0) is 19.1 Å². The van der Waals surface area contributed by atoms with Gasteiger partial charge in [-0.15, -0.1) is 11.3 Å². The first kappa shape index (κ1) is 28.5. The molecule has 2 aromatic rings. The number of methoxy groups -OCH3 is 1. The Morgan fingerprint density at radius 1 is 1.34 bits per heavy atom. The Hall–Kier alpha value is -2.50. The number of halogens is 2. The van der Waals surface area contributed by atoms with Crippen LogP contribution in [0, 0.1) is 5.92 Å². The number of ether oxygens (including phenoxy) is 2. The zero-order valence-electron chi connectivity index (χ0n) is 21.3. The average Bonchev–Trinajstić information content (AvgIpc) is 3.42. The van der Waals surface area contributed by atoms with Crippen LogP contribution in [0.15, 0.2) is 46.0 Å². The van der Waals surface area contributed by atoms with E-state index in [2.05, 4.69) is 29.0 Å². The number of aromatic nitrogens is 1. The van der Waals surface area contributed by atoms with Crippen molar-refractivity contribution in [2.45, 2.75) is 44.9 Å². The smallest absolute Gasteiger partial charge is 0.338 e. The molecule has 38 heavy (non-hydrogen) atoms. The minimum atomic E-state index is -0.862. The molecule has 12 heteroatoms. The molecular formula is C26H30Cl2N4O5S. The standard InChI is InChI=1S/C26H30Cl2N4O5S/c1-14(2)23-19(6-7-20(33)34)32(9-10-37-23)13-18-21(26(35)36-3)22(16-5-4-15(27)12-17(16)28)31-24(30-18)25-29-8-11-38-25/h4-5,8,11-12,14,19,22-23H,6-7,9-10,13H2,1-3H3,(H,30,31)(H,33,34)/t19-,22+,23-/m1/s1. The van der Waals surface area contributed by atoms with Gasteiger partial charge in [0, 0.05) is 58.4 Å². The summed E-state index contributed by atoms with van der Waals surface area (Å²) >= 11 is 14.2. The highest BCUT2D eigenvalue weighted by Gasteiger charge is 2.38. The van der Waals surface area contributed by atoms with Crippen LogP contribution in [0.5, 0.6) is 0 Å². The summed E-state index contributed by atoms with van der Waals surface area (Å²) in [5, 5.41) is 16.1. The van der Waals surface area contributed by atoms with Crippen LogP contribution in [0.25, 0.3) is 0 Å². The molecule has 2 aliphatic heterocycles. The van der Waals surface area contributed by atoms with Gasteiger partial charge in [-0.05, 0) is 24.5 Å². The highest BCUT2D eigenvalue weighted by atomic mass is 35.5. The highest BCUT2D eigenvalue weighted by molar-refractivity contribution is 7.11. The lowest BCUT2D eigenvalue weighted by Gasteiger charge is -2.44. The fourth-order valence-corrected chi connectivity index (χ4v) is 6.01. The van der Waals surface area contributed by atoms with Crippen LogP contribution in [0.4, 0.5) is 0 Å². The van der Waals surface area contributed by atoms with Gasteiger partial charge in [-0.25, -0.2) is 9.78 Å². The average molecular weight is 582 g/mol. The van der Waals surface area contributed by atoms with E-state index in [1.165, 1.54) is 18.4 Å². The number of rotatable bonds is 9. The van der Waals surface area contributed by atoms with E-state index in [1.54, 1.807) is 24.4 Å². The van der Waals surface area contributed by atoms with Crippen LogP contribution in [0.1, 0.15) is 43.3 Å². The number of carboxylic acids is 1. The third-order valence-corrected chi connectivity index (χ3v) is 7.97. The Kier molecular flexibility index (Phi) is 9.43. The van der Waals surface area contributed by atoms with Crippen LogP contribution in [0.2, 0.25) is 10.0 Å². The summed E-state index contributed by atoms with van der Waals surface area (Å²) in [5.74, 6) is -0.715. The van der Waals surface area contributed by atoms with E-state index in [4.69, 9.17) is 37.7 Å². The molecule has 0 spiro atoms. The van der Waals surface area contributed by atoms with E-state index >= 15 is 0 Å². The molecule has 3 atom stereocenters. The molecule has 9 nitrogen and oxygen atoms in total. The van der Waals surface area contributed by atoms with Gasteiger partial charge in [-0.2, -0.15) is 0 Å². The molecule has 1 saturated heterocycles. The Bertz CT molecular complexity index is 1230. The number of carboxylic acid groups (broad SMARTS) is 1. The normalized spacial score (nSPS) is 22.3. The number of benzene rings is 1. The number of nitrogens with one attached hydrogen (secondary N) is 1. The number of hydrogen-bond acceptors (Lipinski definition) is 9. The number of thiazole rings is 1. The lowest BCUT2D eigenvalue weighted by molar-refractivity contribution is -0.139. The van der Waals surface area contributed by atoms with Crippen molar-refractivity contribution in [1.82, 2.24) is 15.2 Å². The number of aliphatic carboxylic acids is 1. The molecule has 0 unspecified atom stereocenters. The van der Waals surface area contributed by atoms with Crippen molar-refractivity contribution >= 4 is 52.3 Å². The number of carbonyl (C=O) groups excluding carboxylic acids is 1. The summed E-state index contributed by atoms with van der Waals surface area (Å²) < 4.78 is 11.3. The molecule has 204 valence electrons. The van der Waals surface area contributed by atoms with Gasteiger partial charge < -0.3 is 19.9 Å². The SMILES string of the molecule is COC(=O)C1=C(CN2CCO[C@H](C(C)C)[C@H]2CCC(=O)O)NC(c2nccs2)=N[C@H]1c1ccc(Cl)cc1Cl. The second-order valence-corrected chi connectivity index (χ2v) is 11.2. The van der Waals surface area contributed by atoms with E-state index in [1.807, 2.05) is 5.38 Å². The van der Waals surface area contributed by atoms with Gasteiger partial charge in [0.2, 0.25) is 0 Å². The van der Waals surface area contributed by atoms with Gasteiger partial charge in [0.25, 0.3) is 0 Å².